The number of anilines is 1. The molecule has 0 unspecified atom stereocenters. The summed E-state index contributed by atoms with van der Waals surface area (Å²) < 4.78 is 13.7. The minimum Gasteiger partial charge on any atom is -0.486 e. The molecular weight excluding hydrogens is 410 g/mol. The molecule has 7 heteroatoms. The van der Waals surface area contributed by atoms with Gasteiger partial charge in [-0.1, -0.05) is 18.2 Å². The first-order valence-corrected chi connectivity index (χ1v) is 9.46. The molecule has 1 N–H and O–H groups in total. The fourth-order valence-corrected chi connectivity index (χ4v) is 3.21. The molecule has 0 saturated heterocycles. The van der Waals surface area contributed by atoms with Gasteiger partial charge in [0.25, 0.3) is 0 Å². The van der Waals surface area contributed by atoms with E-state index in [2.05, 4.69) is 26.3 Å². The van der Waals surface area contributed by atoms with Gasteiger partial charge in [0.2, 0.25) is 5.91 Å². The van der Waals surface area contributed by atoms with Gasteiger partial charge in [-0.3, -0.25) is 4.79 Å². The van der Waals surface area contributed by atoms with E-state index in [4.69, 9.17) is 9.47 Å². The van der Waals surface area contributed by atoms with Crippen LogP contribution in [0.5, 0.6) is 11.5 Å². The van der Waals surface area contributed by atoms with E-state index >= 15 is 0 Å². The van der Waals surface area contributed by atoms with Crippen LogP contribution in [-0.4, -0.2) is 28.9 Å². The van der Waals surface area contributed by atoms with Gasteiger partial charge in [-0.05, 0) is 52.2 Å². The molecule has 1 aliphatic heterocycles. The molecule has 2 aromatic carbocycles. The van der Waals surface area contributed by atoms with Crippen molar-refractivity contribution in [2.45, 2.75) is 12.8 Å². The number of nitrogens with one attached hydrogen (secondary N) is 1. The van der Waals surface area contributed by atoms with Crippen molar-refractivity contribution in [1.82, 2.24) is 9.78 Å². The van der Waals surface area contributed by atoms with Gasteiger partial charge in [0.05, 0.1) is 22.0 Å². The van der Waals surface area contributed by atoms with E-state index in [1.165, 1.54) is 0 Å². The minimum absolute atomic E-state index is 0.0523. The zero-order chi connectivity index (χ0) is 18.6. The number of benzene rings is 2. The van der Waals surface area contributed by atoms with E-state index in [1.54, 1.807) is 10.9 Å². The quantitative estimate of drug-likeness (QED) is 0.668. The highest BCUT2D eigenvalue weighted by Gasteiger charge is 2.13. The standard InChI is InChI=1S/C20H18BrN3O3/c21-15-12-22-24(13-15)17-4-2-1-3-16(17)23-20(25)8-6-14-5-7-18-19(11-14)27-10-9-26-18/h1-5,7,11-13H,6,8-10H2,(H,23,25). The second-order valence-electron chi connectivity index (χ2n) is 6.15. The molecule has 0 fully saturated rings. The number of para-hydroxylation sites is 2. The lowest BCUT2D eigenvalue weighted by Gasteiger charge is -2.18. The summed E-state index contributed by atoms with van der Waals surface area (Å²) in [6.07, 6.45) is 4.55. The van der Waals surface area contributed by atoms with Crippen molar-refractivity contribution in [2.24, 2.45) is 0 Å². The smallest absolute Gasteiger partial charge is 0.224 e. The summed E-state index contributed by atoms with van der Waals surface area (Å²) in [7, 11) is 0. The van der Waals surface area contributed by atoms with Crippen molar-refractivity contribution in [3.63, 3.8) is 0 Å². The molecule has 0 spiro atoms. The van der Waals surface area contributed by atoms with Crippen LogP contribution < -0.4 is 14.8 Å². The Hall–Kier alpha value is -2.80. The Kier molecular flexibility index (Phi) is 5.11. The summed E-state index contributed by atoms with van der Waals surface area (Å²) in [4.78, 5) is 12.5. The average molecular weight is 428 g/mol. The molecule has 2 heterocycles. The van der Waals surface area contributed by atoms with Crippen molar-refractivity contribution in [2.75, 3.05) is 18.5 Å². The molecular formula is C20H18BrN3O3. The van der Waals surface area contributed by atoms with Crippen LogP contribution in [0, 0.1) is 0 Å². The molecule has 6 nitrogen and oxygen atoms in total. The second-order valence-corrected chi connectivity index (χ2v) is 7.06. The third-order valence-electron chi connectivity index (χ3n) is 4.22. The molecule has 1 amide bonds. The van der Waals surface area contributed by atoms with Crippen LogP contribution in [0.1, 0.15) is 12.0 Å². The molecule has 27 heavy (non-hydrogen) atoms. The summed E-state index contributed by atoms with van der Waals surface area (Å²) in [5.41, 5.74) is 2.58. The number of carbonyl (C=O) groups excluding carboxylic acids is 1. The maximum absolute atomic E-state index is 12.5. The summed E-state index contributed by atoms with van der Waals surface area (Å²) >= 11 is 3.39. The molecule has 1 aliphatic rings. The van der Waals surface area contributed by atoms with Gasteiger partial charge >= 0.3 is 0 Å². The molecule has 138 valence electrons. The average Bonchev–Trinajstić information content (AvgIpc) is 3.13. The summed E-state index contributed by atoms with van der Waals surface area (Å²) in [5.74, 6) is 1.45. The van der Waals surface area contributed by atoms with Crippen LogP contribution >= 0.6 is 15.9 Å². The zero-order valence-corrected chi connectivity index (χ0v) is 16.1. The van der Waals surface area contributed by atoms with E-state index in [0.717, 1.165) is 32.9 Å². The number of rotatable bonds is 5. The van der Waals surface area contributed by atoms with Gasteiger partial charge in [-0.25, -0.2) is 4.68 Å². The van der Waals surface area contributed by atoms with Crippen LogP contribution in [0.4, 0.5) is 5.69 Å². The Bertz CT molecular complexity index is 971. The second kappa shape index (κ2) is 7.84. The number of nitrogens with zero attached hydrogens (tertiary/aromatic N) is 2. The van der Waals surface area contributed by atoms with Crippen LogP contribution in [0.2, 0.25) is 0 Å². The fourth-order valence-electron chi connectivity index (χ4n) is 2.93. The first-order valence-electron chi connectivity index (χ1n) is 8.67. The molecule has 1 aromatic heterocycles. The van der Waals surface area contributed by atoms with E-state index in [-0.39, 0.29) is 5.91 Å². The van der Waals surface area contributed by atoms with Crippen molar-refractivity contribution < 1.29 is 14.3 Å². The molecule has 3 aromatic rings. The topological polar surface area (TPSA) is 65.4 Å². The molecule has 4 rings (SSSR count). The molecule has 0 radical (unpaired) electrons. The maximum Gasteiger partial charge on any atom is 0.224 e. The van der Waals surface area contributed by atoms with E-state index in [9.17, 15) is 4.79 Å². The van der Waals surface area contributed by atoms with Crippen molar-refractivity contribution in [3.8, 4) is 17.2 Å². The number of hydrogen-bond acceptors (Lipinski definition) is 4. The van der Waals surface area contributed by atoms with Crippen molar-refractivity contribution in [1.29, 1.82) is 0 Å². The Balaban J connectivity index is 1.42. The Labute approximate surface area is 165 Å². The van der Waals surface area contributed by atoms with Gasteiger partial charge in [-0.2, -0.15) is 5.10 Å². The predicted octanol–water partition coefficient (Wildman–Crippen LogP) is 3.98. The minimum atomic E-state index is -0.0523. The third kappa shape index (κ3) is 4.14. The number of fused-ring (bicyclic) bond motifs is 1. The van der Waals surface area contributed by atoms with Gasteiger partial charge < -0.3 is 14.8 Å². The lowest BCUT2D eigenvalue weighted by atomic mass is 10.1. The largest absolute Gasteiger partial charge is 0.486 e. The zero-order valence-electron chi connectivity index (χ0n) is 14.5. The first-order chi connectivity index (χ1) is 13.2. The number of aryl methyl sites for hydroxylation is 1. The van der Waals surface area contributed by atoms with E-state index in [0.29, 0.717) is 26.1 Å². The van der Waals surface area contributed by atoms with Crippen molar-refractivity contribution in [3.05, 3.63) is 64.9 Å². The van der Waals surface area contributed by atoms with Gasteiger partial charge in [-0.15, -0.1) is 0 Å². The maximum atomic E-state index is 12.5. The highest BCUT2D eigenvalue weighted by molar-refractivity contribution is 9.10. The number of amides is 1. The lowest BCUT2D eigenvalue weighted by Crippen LogP contribution is -2.16. The summed E-state index contributed by atoms with van der Waals surface area (Å²) in [6, 6.07) is 13.4. The molecule has 0 bridgehead atoms. The summed E-state index contributed by atoms with van der Waals surface area (Å²) in [6.45, 7) is 1.12. The van der Waals surface area contributed by atoms with E-state index < -0.39 is 0 Å². The number of ether oxygens (including phenoxy) is 2. The van der Waals surface area contributed by atoms with Crippen LogP contribution in [0.25, 0.3) is 5.69 Å². The SMILES string of the molecule is O=C(CCc1ccc2c(c1)OCCO2)Nc1ccccc1-n1cc(Br)cn1. The fraction of sp³-hybridized carbons (Fsp3) is 0.200. The van der Waals surface area contributed by atoms with Crippen LogP contribution in [-0.2, 0) is 11.2 Å². The van der Waals surface area contributed by atoms with Gasteiger partial charge in [0.15, 0.2) is 11.5 Å². The lowest BCUT2D eigenvalue weighted by molar-refractivity contribution is -0.116. The molecule has 0 atom stereocenters. The third-order valence-corrected chi connectivity index (χ3v) is 4.63. The summed E-state index contributed by atoms with van der Waals surface area (Å²) in [5, 5.41) is 7.26. The highest BCUT2D eigenvalue weighted by Crippen LogP contribution is 2.31. The monoisotopic (exact) mass is 427 g/mol. The van der Waals surface area contributed by atoms with Crippen molar-refractivity contribution >= 4 is 27.5 Å². The Morgan fingerprint density at radius 1 is 1.15 bits per heavy atom. The van der Waals surface area contributed by atoms with Gasteiger partial charge in [0.1, 0.15) is 13.2 Å². The number of aromatic nitrogens is 2. The predicted molar refractivity (Wildman–Crippen MR) is 106 cm³/mol. The molecule has 0 aliphatic carbocycles. The number of halogens is 1. The van der Waals surface area contributed by atoms with Crippen LogP contribution in [0.15, 0.2) is 59.3 Å². The van der Waals surface area contributed by atoms with Gasteiger partial charge in [0, 0.05) is 12.6 Å². The molecule has 0 saturated carbocycles. The number of carbonyl (C=O) groups is 1. The normalized spacial score (nSPS) is 12.6. The van der Waals surface area contributed by atoms with Crippen LogP contribution in [0.3, 0.4) is 0 Å². The highest BCUT2D eigenvalue weighted by atomic mass is 79.9. The van der Waals surface area contributed by atoms with E-state index in [1.807, 2.05) is 48.7 Å². The Morgan fingerprint density at radius 2 is 1.96 bits per heavy atom. The Morgan fingerprint density at radius 3 is 2.78 bits per heavy atom. The first kappa shape index (κ1) is 17.6. The number of hydrogen-bond donors (Lipinski definition) is 1.